The zero-order chi connectivity index (χ0) is 12.8. The Hall–Kier alpha value is -0.160. The van der Waals surface area contributed by atoms with Crippen molar-refractivity contribution in [1.29, 1.82) is 0 Å². The molecule has 8 nitrogen and oxygen atoms in total. The monoisotopic (exact) mass is 286 g/mol. The van der Waals surface area contributed by atoms with Crippen molar-refractivity contribution >= 4 is 16.4 Å². The molecular weight excluding hydrogens is 275 g/mol. The number of carbonyl (C=O) groups excluding carboxylic acids is 1. The Morgan fingerprint density at radius 3 is 2.72 bits per heavy atom. The molecule has 2 aliphatic rings. The average molecular weight is 286 g/mol. The van der Waals surface area contributed by atoms with Gasteiger partial charge < -0.3 is 10.0 Å². The van der Waals surface area contributed by atoms with Crippen LogP contribution in [0.5, 0.6) is 0 Å². The quantitative estimate of drug-likeness (QED) is 0.318. The molecule has 2 bridgehead atoms. The van der Waals surface area contributed by atoms with Gasteiger partial charge in [0.1, 0.15) is 6.04 Å². The molecule has 1 N–H and O–H groups in total. The van der Waals surface area contributed by atoms with Crippen LogP contribution in [-0.4, -0.2) is 54.2 Å². The summed E-state index contributed by atoms with van der Waals surface area (Å²) in [5, 5.41) is 11.5. The molecule has 0 aromatic carbocycles. The SMILES string of the molecule is CC1=C[C@@H](C[O-])N2C[C@@H]1N(OS(=O)(=O)O)C2=O.[Na+]. The topological polar surface area (TPSA) is 110 Å². The number of hydrogen-bond donors (Lipinski definition) is 1. The smallest absolute Gasteiger partial charge is 0.853 e. The fourth-order valence-corrected chi connectivity index (χ4v) is 2.40. The summed E-state index contributed by atoms with van der Waals surface area (Å²) in [6.45, 7) is 1.35. The maximum Gasteiger partial charge on any atom is 1.00 e. The van der Waals surface area contributed by atoms with Crippen LogP contribution in [0.15, 0.2) is 11.6 Å². The minimum Gasteiger partial charge on any atom is -0.853 e. The zero-order valence-electron chi connectivity index (χ0n) is 9.94. The summed E-state index contributed by atoms with van der Waals surface area (Å²) in [4.78, 5) is 13.0. The summed E-state index contributed by atoms with van der Waals surface area (Å²) < 4.78 is 34.0. The van der Waals surface area contributed by atoms with Crippen LogP contribution in [0.2, 0.25) is 0 Å². The second-order valence-corrected chi connectivity index (χ2v) is 4.93. The van der Waals surface area contributed by atoms with E-state index in [2.05, 4.69) is 4.28 Å². The molecule has 2 rings (SSSR count). The summed E-state index contributed by atoms with van der Waals surface area (Å²) in [6, 6.07) is -1.93. The molecule has 0 radical (unpaired) electrons. The van der Waals surface area contributed by atoms with Crippen molar-refractivity contribution in [3.05, 3.63) is 11.6 Å². The molecule has 0 aromatic rings. The standard InChI is InChI=1S/C8H11N2O6S.Na/c1-5-2-6(4-11)9-3-7(5)10(8(9)12)16-17(13,14)15;/h2,6-7H,3-4H2,1H3,(H,13,14,15);/q-1;+1/t6-,7-;/m0./s1. The van der Waals surface area contributed by atoms with Gasteiger partial charge in [0.15, 0.2) is 0 Å². The largest absolute Gasteiger partial charge is 1.00 e. The Kier molecular flexibility index (Phi) is 4.81. The van der Waals surface area contributed by atoms with Crippen molar-refractivity contribution in [2.75, 3.05) is 13.2 Å². The van der Waals surface area contributed by atoms with Gasteiger partial charge in [-0.1, -0.05) is 6.08 Å². The van der Waals surface area contributed by atoms with Crippen molar-refractivity contribution < 1.29 is 56.7 Å². The summed E-state index contributed by atoms with van der Waals surface area (Å²) in [7, 11) is -4.75. The van der Waals surface area contributed by atoms with Crippen LogP contribution < -0.4 is 34.7 Å². The second-order valence-electron chi connectivity index (χ2n) is 3.92. The van der Waals surface area contributed by atoms with Gasteiger partial charge >= 0.3 is 46.0 Å². The molecule has 0 unspecified atom stereocenters. The number of hydroxylamine groups is 2. The Bertz CT molecular complexity index is 478. The number of amides is 2. The molecule has 2 atom stereocenters. The predicted octanol–water partition coefficient (Wildman–Crippen LogP) is -4.48. The summed E-state index contributed by atoms with van der Waals surface area (Å²) >= 11 is 0. The van der Waals surface area contributed by atoms with Crippen LogP contribution in [0, 0.1) is 0 Å². The van der Waals surface area contributed by atoms with E-state index < -0.39 is 35.1 Å². The predicted molar refractivity (Wildman–Crippen MR) is 52.8 cm³/mol. The van der Waals surface area contributed by atoms with Crippen LogP contribution in [0.4, 0.5) is 4.79 Å². The first kappa shape index (κ1) is 15.9. The van der Waals surface area contributed by atoms with E-state index >= 15 is 0 Å². The number of nitrogens with zero attached hydrogens (tertiary/aromatic N) is 2. The normalized spacial score (nSPS) is 27.1. The number of carbonyl (C=O) groups is 1. The molecule has 18 heavy (non-hydrogen) atoms. The number of fused-ring (bicyclic) bond motifs is 2. The number of rotatable bonds is 3. The molecule has 0 aromatic heterocycles. The molecule has 1 saturated heterocycles. The van der Waals surface area contributed by atoms with Gasteiger partial charge in [-0.05, 0) is 12.5 Å². The molecule has 2 heterocycles. The van der Waals surface area contributed by atoms with Crippen molar-refractivity contribution in [3.63, 3.8) is 0 Å². The minimum atomic E-state index is -4.75. The fraction of sp³-hybridized carbons (Fsp3) is 0.625. The van der Waals surface area contributed by atoms with E-state index in [1.807, 2.05) is 0 Å². The molecule has 96 valence electrons. The van der Waals surface area contributed by atoms with E-state index in [0.29, 0.717) is 10.6 Å². The number of hydrogen-bond acceptors (Lipinski definition) is 5. The molecule has 0 aliphatic carbocycles. The van der Waals surface area contributed by atoms with Gasteiger partial charge in [-0.3, -0.25) is 4.55 Å². The minimum absolute atomic E-state index is 0. The Morgan fingerprint density at radius 2 is 2.22 bits per heavy atom. The van der Waals surface area contributed by atoms with Gasteiger partial charge in [-0.25, -0.2) is 4.79 Å². The van der Waals surface area contributed by atoms with Crippen LogP contribution in [-0.2, 0) is 14.7 Å². The second kappa shape index (κ2) is 5.45. The molecule has 2 aliphatic heterocycles. The molecule has 2 amide bonds. The van der Waals surface area contributed by atoms with Crippen LogP contribution in [0.3, 0.4) is 0 Å². The van der Waals surface area contributed by atoms with Gasteiger partial charge in [-0.15, -0.1) is 10.9 Å². The summed E-state index contributed by atoms with van der Waals surface area (Å²) in [6.07, 6.45) is 1.60. The first-order chi connectivity index (χ1) is 7.83. The molecule has 10 heteroatoms. The maximum absolute atomic E-state index is 11.8. The van der Waals surface area contributed by atoms with Gasteiger partial charge in [0, 0.05) is 12.6 Å². The van der Waals surface area contributed by atoms with E-state index in [1.165, 1.54) is 4.90 Å². The summed E-state index contributed by atoms with van der Waals surface area (Å²) in [5.41, 5.74) is 0.664. The van der Waals surface area contributed by atoms with Crippen LogP contribution in [0.25, 0.3) is 0 Å². The molecule has 1 fully saturated rings. The third-order valence-electron chi connectivity index (χ3n) is 2.81. The van der Waals surface area contributed by atoms with Crippen molar-refractivity contribution in [3.8, 4) is 0 Å². The van der Waals surface area contributed by atoms with Crippen molar-refractivity contribution in [1.82, 2.24) is 9.96 Å². The third-order valence-corrected chi connectivity index (χ3v) is 3.16. The molecular formula is C8H11N2NaO6S. The van der Waals surface area contributed by atoms with Gasteiger partial charge in [0.2, 0.25) is 0 Å². The third kappa shape index (κ3) is 2.87. The Balaban J connectivity index is 0.00000162. The maximum atomic E-state index is 11.8. The van der Waals surface area contributed by atoms with Crippen molar-refractivity contribution in [2.24, 2.45) is 0 Å². The van der Waals surface area contributed by atoms with Crippen molar-refractivity contribution in [2.45, 2.75) is 19.0 Å². The van der Waals surface area contributed by atoms with E-state index in [-0.39, 0.29) is 36.1 Å². The molecule has 0 spiro atoms. The molecule has 0 saturated carbocycles. The van der Waals surface area contributed by atoms with E-state index in [4.69, 9.17) is 4.55 Å². The Morgan fingerprint density at radius 1 is 1.61 bits per heavy atom. The van der Waals surface area contributed by atoms with Gasteiger partial charge in [-0.2, -0.15) is 13.5 Å². The van der Waals surface area contributed by atoms with Crippen LogP contribution in [0.1, 0.15) is 6.92 Å². The fourth-order valence-electron chi connectivity index (χ4n) is 2.03. The van der Waals surface area contributed by atoms with E-state index in [0.717, 1.165) is 0 Å². The average Bonchev–Trinajstić information content (AvgIpc) is 2.48. The van der Waals surface area contributed by atoms with Gasteiger partial charge in [0.25, 0.3) is 0 Å². The van der Waals surface area contributed by atoms with Gasteiger partial charge in [0.05, 0.1) is 0 Å². The number of urea groups is 1. The van der Waals surface area contributed by atoms with E-state index in [1.54, 1.807) is 13.0 Å². The first-order valence-corrected chi connectivity index (χ1v) is 6.23. The summed E-state index contributed by atoms with van der Waals surface area (Å²) in [5.74, 6) is 0. The van der Waals surface area contributed by atoms with Crippen LogP contribution >= 0.6 is 0 Å². The van der Waals surface area contributed by atoms with E-state index in [9.17, 15) is 18.3 Å². The zero-order valence-corrected chi connectivity index (χ0v) is 12.8. The first-order valence-electron chi connectivity index (χ1n) is 4.86. The Labute approximate surface area is 126 Å².